The van der Waals surface area contributed by atoms with E-state index in [1.165, 1.54) is 11.3 Å². The Labute approximate surface area is 108 Å². The summed E-state index contributed by atoms with van der Waals surface area (Å²) in [6.07, 6.45) is 2.09. The van der Waals surface area contributed by atoms with Gasteiger partial charge in [-0.2, -0.15) is 0 Å². The fraction of sp³-hybridized carbons (Fsp3) is 0.312. The number of fused-ring (bicyclic) bond motifs is 1. The van der Waals surface area contributed by atoms with Gasteiger partial charge in [-0.15, -0.1) is 0 Å². The SMILES string of the molecule is Cc1cccc(CC2COc3ccccc3C2)n1. The molecular formula is C16H17NO. The molecule has 18 heavy (non-hydrogen) atoms. The first-order valence-corrected chi connectivity index (χ1v) is 6.44. The maximum absolute atomic E-state index is 5.81. The Morgan fingerprint density at radius 1 is 1.17 bits per heavy atom. The van der Waals surface area contributed by atoms with Crippen LogP contribution in [0, 0.1) is 12.8 Å². The lowest BCUT2D eigenvalue weighted by Crippen LogP contribution is -2.23. The molecule has 0 spiro atoms. The maximum atomic E-state index is 5.81. The van der Waals surface area contributed by atoms with Crippen molar-refractivity contribution in [2.45, 2.75) is 19.8 Å². The highest BCUT2D eigenvalue weighted by molar-refractivity contribution is 5.35. The van der Waals surface area contributed by atoms with Crippen LogP contribution in [0.1, 0.15) is 17.0 Å². The van der Waals surface area contributed by atoms with Crippen LogP contribution in [0.2, 0.25) is 0 Å². The topological polar surface area (TPSA) is 22.1 Å². The lowest BCUT2D eigenvalue weighted by atomic mass is 9.92. The fourth-order valence-corrected chi connectivity index (χ4v) is 2.53. The Kier molecular flexibility index (Phi) is 3.01. The molecule has 0 aliphatic carbocycles. The number of hydrogen-bond acceptors (Lipinski definition) is 2. The Hall–Kier alpha value is -1.83. The maximum Gasteiger partial charge on any atom is 0.122 e. The van der Waals surface area contributed by atoms with Crippen molar-refractivity contribution in [3.8, 4) is 5.75 Å². The number of aryl methyl sites for hydroxylation is 1. The van der Waals surface area contributed by atoms with Crippen LogP contribution >= 0.6 is 0 Å². The van der Waals surface area contributed by atoms with Gasteiger partial charge < -0.3 is 4.74 Å². The van der Waals surface area contributed by atoms with Crippen molar-refractivity contribution in [2.75, 3.05) is 6.61 Å². The summed E-state index contributed by atoms with van der Waals surface area (Å²) in [5.41, 5.74) is 3.58. The highest BCUT2D eigenvalue weighted by Crippen LogP contribution is 2.28. The molecule has 0 saturated carbocycles. The third kappa shape index (κ3) is 2.37. The molecule has 1 aromatic carbocycles. The number of nitrogens with zero attached hydrogens (tertiary/aromatic N) is 1. The van der Waals surface area contributed by atoms with E-state index in [0.717, 1.165) is 30.9 Å². The van der Waals surface area contributed by atoms with Crippen LogP contribution in [0.15, 0.2) is 42.5 Å². The van der Waals surface area contributed by atoms with Gasteiger partial charge in [0.2, 0.25) is 0 Å². The molecule has 0 amide bonds. The Morgan fingerprint density at radius 3 is 2.94 bits per heavy atom. The third-order valence-corrected chi connectivity index (χ3v) is 3.40. The Morgan fingerprint density at radius 2 is 2.06 bits per heavy atom. The number of pyridine rings is 1. The molecule has 1 aromatic heterocycles. The van der Waals surface area contributed by atoms with Crippen molar-refractivity contribution in [2.24, 2.45) is 5.92 Å². The summed E-state index contributed by atoms with van der Waals surface area (Å²) in [6.45, 7) is 2.84. The first-order valence-electron chi connectivity index (χ1n) is 6.44. The fourth-order valence-electron chi connectivity index (χ4n) is 2.53. The van der Waals surface area contributed by atoms with Gasteiger partial charge in [-0.3, -0.25) is 4.98 Å². The molecule has 2 nitrogen and oxygen atoms in total. The van der Waals surface area contributed by atoms with Crippen LogP contribution in [-0.4, -0.2) is 11.6 Å². The summed E-state index contributed by atoms with van der Waals surface area (Å²) in [6, 6.07) is 14.5. The molecule has 0 fully saturated rings. The zero-order valence-electron chi connectivity index (χ0n) is 10.6. The zero-order chi connectivity index (χ0) is 12.4. The minimum Gasteiger partial charge on any atom is -0.493 e. The molecule has 3 rings (SSSR count). The van der Waals surface area contributed by atoms with E-state index >= 15 is 0 Å². The van der Waals surface area contributed by atoms with Gasteiger partial charge in [0.1, 0.15) is 5.75 Å². The van der Waals surface area contributed by atoms with E-state index in [9.17, 15) is 0 Å². The van der Waals surface area contributed by atoms with Gasteiger partial charge in [-0.1, -0.05) is 24.3 Å². The van der Waals surface area contributed by atoms with E-state index < -0.39 is 0 Å². The Balaban J connectivity index is 1.73. The summed E-state index contributed by atoms with van der Waals surface area (Å²) < 4.78 is 5.81. The third-order valence-electron chi connectivity index (χ3n) is 3.40. The van der Waals surface area contributed by atoms with Crippen molar-refractivity contribution >= 4 is 0 Å². The predicted molar refractivity (Wildman–Crippen MR) is 71.8 cm³/mol. The largest absolute Gasteiger partial charge is 0.493 e. The lowest BCUT2D eigenvalue weighted by Gasteiger charge is -2.25. The number of ether oxygens (including phenoxy) is 1. The average Bonchev–Trinajstić information content (AvgIpc) is 2.39. The molecular weight excluding hydrogens is 222 g/mol. The molecule has 2 heterocycles. The van der Waals surface area contributed by atoms with E-state index in [0.29, 0.717) is 5.92 Å². The molecule has 1 aliphatic heterocycles. The number of aromatic nitrogens is 1. The van der Waals surface area contributed by atoms with Crippen LogP contribution in [0.4, 0.5) is 0 Å². The van der Waals surface area contributed by atoms with Gasteiger partial charge >= 0.3 is 0 Å². The number of hydrogen-bond donors (Lipinski definition) is 0. The molecule has 1 atom stereocenters. The summed E-state index contributed by atoms with van der Waals surface area (Å²) in [5.74, 6) is 1.58. The molecule has 0 saturated heterocycles. The van der Waals surface area contributed by atoms with Gasteiger partial charge in [-0.25, -0.2) is 0 Å². The molecule has 2 aromatic rings. The minimum absolute atomic E-state index is 0.536. The van der Waals surface area contributed by atoms with Gasteiger partial charge in [0.15, 0.2) is 0 Å². The first kappa shape index (κ1) is 11.3. The molecule has 0 radical (unpaired) electrons. The summed E-state index contributed by atoms with van der Waals surface area (Å²) >= 11 is 0. The monoisotopic (exact) mass is 239 g/mol. The predicted octanol–water partition coefficient (Wildman–Crippen LogP) is 3.18. The lowest BCUT2D eigenvalue weighted by molar-refractivity contribution is 0.220. The Bertz CT molecular complexity index is 550. The quantitative estimate of drug-likeness (QED) is 0.803. The van der Waals surface area contributed by atoms with Crippen LogP contribution in [0.3, 0.4) is 0 Å². The zero-order valence-corrected chi connectivity index (χ0v) is 10.6. The normalized spacial score (nSPS) is 17.9. The smallest absolute Gasteiger partial charge is 0.122 e. The van der Waals surface area contributed by atoms with E-state index in [-0.39, 0.29) is 0 Å². The number of para-hydroxylation sites is 1. The van der Waals surface area contributed by atoms with Gasteiger partial charge in [-0.05, 0) is 43.5 Å². The van der Waals surface area contributed by atoms with Gasteiger partial charge in [0.05, 0.1) is 6.61 Å². The van der Waals surface area contributed by atoms with Crippen molar-refractivity contribution in [1.82, 2.24) is 4.98 Å². The van der Waals surface area contributed by atoms with Crippen molar-refractivity contribution in [3.63, 3.8) is 0 Å². The van der Waals surface area contributed by atoms with E-state index in [1.54, 1.807) is 0 Å². The summed E-state index contributed by atoms with van der Waals surface area (Å²) in [7, 11) is 0. The molecule has 1 aliphatic rings. The number of benzene rings is 1. The van der Waals surface area contributed by atoms with Crippen LogP contribution in [0.5, 0.6) is 5.75 Å². The molecule has 0 bridgehead atoms. The van der Waals surface area contributed by atoms with Gasteiger partial charge in [0, 0.05) is 17.3 Å². The van der Waals surface area contributed by atoms with E-state index in [2.05, 4.69) is 35.3 Å². The molecule has 0 N–H and O–H groups in total. The molecule has 92 valence electrons. The van der Waals surface area contributed by atoms with Crippen LogP contribution in [-0.2, 0) is 12.8 Å². The second-order valence-electron chi connectivity index (χ2n) is 4.96. The van der Waals surface area contributed by atoms with E-state index in [1.807, 2.05) is 19.1 Å². The molecule has 1 unspecified atom stereocenters. The molecule has 2 heteroatoms. The second kappa shape index (κ2) is 4.81. The average molecular weight is 239 g/mol. The highest BCUT2D eigenvalue weighted by Gasteiger charge is 2.20. The van der Waals surface area contributed by atoms with Crippen molar-refractivity contribution in [3.05, 3.63) is 59.4 Å². The second-order valence-corrected chi connectivity index (χ2v) is 4.96. The number of rotatable bonds is 2. The standard InChI is InChI=1S/C16H17NO/c1-12-5-4-7-15(17-12)10-13-9-14-6-2-3-8-16(14)18-11-13/h2-8,13H,9-11H2,1H3. The van der Waals surface area contributed by atoms with Gasteiger partial charge in [0.25, 0.3) is 0 Å². The summed E-state index contributed by atoms with van der Waals surface area (Å²) in [5, 5.41) is 0. The van der Waals surface area contributed by atoms with Crippen LogP contribution < -0.4 is 4.74 Å². The highest BCUT2D eigenvalue weighted by atomic mass is 16.5. The minimum atomic E-state index is 0.536. The van der Waals surface area contributed by atoms with Crippen molar-refractivity contribution in [1.29, 1.82) is 0 Å². The van der Waals surface area contributed by atoms with Crippen molar-refractivity contribution < 1.29 is 4.74 Å². The van der Waals surface area contributed by atoms with Crippen LogP contribution in [0.25, 0.3) is 0 Å². The first-order chi connectivity index (χ1) is 8.81. The van der Waals surface area contributed by atoms with E-state index in [4.69, 9.17) is 4.74 Å². The summed E-state index contributed by atoms with van der Waals surface area (Å²) in [4.78, 5) is 4.57.